The molecule has 42 heteroatoms. The van der Waals surface area contributed by atoms with E-state index in [4.69, 9.17) is 32.4 Å². The van der Waals surface area contributed by atoms with Crippen LogP contribution in [0.1, 0.15) is 113 Å². The molecule has 12 atom stereocenters. The number of nitrogens with one attached hydrogen (secondary N) is 13. The highest BCUT2D eigenvalue weighted by Gasteiger charge is 2.46. The summed E-state index contributed by atoms with van der Waals surface area (Å²) >= 11 is 0.912. The van der Waals surface area contributed by atoms with Crippen LogP contribution in [0.4, 0.5) is 0 Å². The van der Waals surface area contributed by atoms with Gasteiger partial charge in [0.05, 0.1) is 19.1 Å². The lowest BCUT2D eigenvalue weighted by Gasteiger charge is -2.38. The molecule has 2 saturated heterocycles. The average molecular weight is 1800 g/mol. The number of carboxylic acid groups (broad SMARTS) is 1. The topological polar surface area (TPSA) is 647 Å². The molecule has 16 amide bonds. The summed E-state index contributed by atoms with van der Waals surface area (Å²) in [4.78, 5) is 263. The van der Waals surface area contributed by atoms with E-state index in [0.717, 1.165) is 41.5 Å². The largest absolute Gasteiger partial charge is 0.492 e. The molecular weight excluding hydrogens is 1680 g/mol. The summed E-state index contributed by atoms with van der Waals surface area (Å²) in [5, 5.41) is 54.2. The molecule has 0 radical (unpaired) electrons. The van der Waals surface area contributed by atoms with Crippen LogP contribution in [0.5, 0.6) is 5.75 Å². The standard InChI is InChI=1S/C86H111N19O22S/c1-46-10-8-14-57-55(43-92-72(46)57)40-64-79(119)95-58(21-24-68(88)109)74(114)101-67(45-128-35-27-61(93-49(4)108)76(116)94-59(22-25-69(89)110)77(117)103-73(48(3)107)83(123)99-64)81(121)96-62(37-50-16-19-56(20-17-50)127-34-30-87)78(118)97-63(38-51-15-18-53-12-6-7-13-54(53)36-51)82(122)104-86(28-32-126-33-29-86)85(125)102-60(23-26-71(112)113)75(115)98-65(41-70(90)111)80(120)100-66(39-52-11-9-31-91-42-52)84(124)105(5)44-47(2)106/h6-20,31,36,42-43,48,58-67,73,92,107H,21-30,32-35,37-41,44-45,87H2,1-5H3,(H2,88,109)(H2,89,110)(H2,90,111)(H,93,108)(H,94,116)(H,95,119)(H,96,121)(H,97,118)(H,98,115)(H,99,123)(H,100,120)(H,101,114)(H,102,125)(H,103,117)(H,104,122)(H,112,113)/t48-,58+,59+,60+,61+,62+,63+,64+,65+,66+,67+,73+/m1/s1. The fourth-order valence-corrected chi connectivity index (χ4v) is 15.5. The Morgan fingerprint density at radius 3 is 1.88 bits per heavy atom. The number of aromatic nitrogens is 2. The smallest absolute Gasteiger partial charge is 0.303 e. The lowest BCUT2D eigenvalue weighted by atomic mass is 9.87. The predicted molar refractivity (Wildman–Crippen MR) is 464 cm³/mol. The second-order valence-corrected chi connectivity index (χ2v) is 32.7. The fraction of sp³-hybridized carbons (Fsp3) is 0.453. The summed E-state index contributed by atoms with van der Waals surface area (Å²) in [6, 6.07) is 7.91. The number of pyridine rings is 1. The summed E-state index contributed by atoms with van der Waals surface area (Å²) in [5.74, 6) is -18.8. The third-order valence-electron chi connectivity index (χ3n) is 21.2. The third-order valence-corrected chi connectivity index (χ3v) is 22.3. The van der Waals surface area contributed by atoms with Gasteiger partial charge in [-0.2, -0.15) is 11.8 Å². The summed E-state index contributed by atoms with van der Waals surface area (Å²) < 4.78 is 11.4. The first-order chi connectivity index (χ1) is 60.9. The van der Waals surface area contributed by atoms with Crippen molar-refractivity contribution >= 4 is 140 Å². The molecule has 0 spiro atoms. The van der Waals surface area contributed by atoms with Crippen LogP contribution in [0.2, 0.25) is 0 Å². The van der Waals surface area contributed by atoms with Crippen molar-refractivity contribution in [3.05, 3.63) is 143 Å². The van der Waals surface area contributed by atoms with Gasteiger partial charge in [-0.3, -0.25) is 91.3 Å². The number of carbonyl (C=O) groups excluding carboxylic acids is 17. The minimum Gasteiger partial charge on any atom is -0.492 e. The molecule has 6 aromatic rings. The number of para-hydroxylation sites is 1. The van der Waals surface area contributed by atoms with Crippen molar-refractivity contribution in [1.82, 2.24) is 78.7 Å². The van der Waals surface area contributed by atoms with Crippen LogP contribution in [0.3, 0.4) is 0 Å². The lowest BCUT2D eigenvalue weighted by molar-refractivity contribution is -0.142. The van der Waals surface area contributed by atoms with E-state index in [2.05, 4.69) is 73.8 Å². The maximum Gasteiger partial charge on any atom is 0.303 e. The van der Waals surface area contributed by atoms with Crippen LogP contribution in [0.25, 0.3) is 21.7 Å². The maximum absolute atomic E-state index is 15.8. The second-order valence-electron chi connectivity index (χ2n) is 31.5. The number of carbonyl (C=O) groups is 18. The first-order valence-electron chi connectivity index (χ1n) is 41.5. The van der Waals surface area contributed by atoms with E-state index in [1.807, 2.05) is 19.1 Å². The van der Waals surface area contributed by atoms with Crippen LogP contribution in [0, 0.1) is 6.92 Å². The molecule has 0 aliphatic carbocycles. The summed E-state index contributed by atoms with van der Waals surface area (Å²) in [6.45, 7) is 4.72. The molecule has 4 heterocycles. The highest BCUT2D eigenvalue weighted by atomic mass is 32.2. The molecule has 688 valence electrons. The van der Waals surface area contributed by atoms with Crippen LogP contribution in [-0.4, -0.2) is 261 Å². The number of ketones is 1. The number of aliphatic hydroxyl groups excluding tert-OH is 1. The number of aliphatic hydroxyl groups is 1. The SMILES string of the molecule is CC(=O)CN(C)C(=O)[C@H](Cc1cccnc1)NC(=O)[C@H](CC(N)=O)NC(=O)[C@H](CCC(=O)O)NC(=O)C1(NC(=O)[C@H](Cc2ccc3ccccc3c2)NC(=O)[C@H](Cc2ccc(OCCN)cc2)NC(=O)[C@@H]2CSCC[C@H](NC(C)=O)C(=O)N[C@@H](CCC(N)=O)C(=O)N[C@@H]([C@@H](C)O)C(=O)N[C@@H](Cc3c[nH]c4c(C)cccc34)C(=O)N[C@@H](CCC(N)=O)C(=O)N2)CCOCC1. The lowest BCUT2D eigenvalue weighted by Crippen LogP contribution is -2.67. The number of fused-ring (bicyclic) bond motifs is 2. The number of aromatic amines is 1. The van der Waals surface area contributed by atoms with Gasteiger partial charge in [0, 0.05) is 127 Å². The minimum absolute atomic E-state index is 0.101. The van der Waals surface area contributed by atoms with Crippen LogP contribution >= 0.6 is 11.8 Å². The number of rotatable bonds is 39. The van der Waals surface area contributed by atoms with Crippen molar-refractivity contribution in [3.8, 4) is 5.75 Å². The van der Waals surface area contributed by atoms with Crippen molar-refractivity contribution in [3.63, 3.8) is 0 Å². The normalized spacial score (nSPS) is 19.1. The summed E-state index contributed by atoms with van der Waals surface area (Å²) in [5.41, 5.74) is 23.6. The number of carboxylic acids is 1. The van der Waals surface area contributed by atoms with Gasteiger partial charge >= 0.3 is 5.97 Å². The quantitative estimate of drug-likeness (QED) is 0.0178. The van der Waals surface area contributed by atoms with Crippen LogP contribution in [0.15, 0.2) is 116 Å². The Balaban J connectivity index is 1.17. The molecule has 2 aliphatic heterocycles. The Kier molecular flexibility index (Phi) is 37.7. The zero-order valence-corrected chi connectivity index (χ0v) is 72.2. The molecule has 41 nitrogen and oxygen atoms in total. The number of nitrogens with two attached hydrogens (primary N) is 4. The van der Waals surface area contributed by atoms with Crippen molar-refractivity contribution in [2.24, 2.45) is 22.9 Å². The molecule has 23 N–H and O–H groups in total. The molecule has 0 unspecified atom stereocenters. The number of amides is 16. The first kappa shape index (κ1) is 99.9. The zero-order valence-electron chi connectivity index (χ0n) is 71.4. The van der Waals surface area contributed by atoms with E-state index in [1.165, 1.54) is 26.4 Å². The number of primary amides is 3. The number of benzene rings is 4. The van der Waals surface area contributed by atoms with Crippen molar-refractivity contribution in [2.45, 2.75) is 196 Å². The van der Waals surface area contributed by atoms with Crippen molar-refractivity contribution < 1.29 is 106 Å². The van der Waals surface area contributed by atoms with Gasteiger partial charge in [-0.25, -0.2) is 0 Å². The van der Waals surface area contributed by atoms with E-state index in [0.29, 0.717) is 44.3 Å². The molecule has 2 aromatic heterocycles. The number of hydrogen-bond acceptors (Lipinski definition) is 24. The molecule has 0 saturated carbocycles. The van der Waals surface area contributed by atoms with Gasteiger partial charge in [0.15, 0.2) is 0 Å². The van der Waals surface area contributed by atoms with E-state index >= 15 is 28.8 Å². The van der Waals surface area contributed by atoms with Gasteiger partial charge in [-0.1, -0.05) is 78.9 Å². The highest BCUT2D eigenvalue weighted by Crippen LogP contribution is 2.27. The van der Waals surface area contributed by atoms with Crippen LogP contribution < -0.4 is 91.5 Å². The van der Waals surface area contributed by atoms with E-state index in [9.17, 15) is 67.7 Å². The molecule has 2 aliphatic rings. The van der Waals surface area contributed by atoms with E-state index in [1.54, 1.807) is 91.1 Å². The Hall–Kier alpha value is -13.5. The number of likely N-dealkylation sites (N-methyl/N-ethyl adjacent to an activating group) is 1. The number of hydrogen-bond donors (Lipinski definition) is 19. The van der Waals surface area contributed by atoms with Gasteiger partial charge in [0.1, 0.15) is 90.1 Å². The van der Waals surface area contributed by atoms with Gasteiger partial charge < -0.3 is 116 Å². The van der Waals surface area contributed by atoms with E-state index in [-0.39, 0.29) is 77.2 Å². The summed E-state index contributed by atoms with van der Waals surface area (Å²) in [6.07, 6.45) is -4.04. The van der Waals surface area contributed by atoms with Gasteiger partial charge in [-0.05, 0) is 109 Å². The van der Waals surface area contributed by atoms with E-state index < -0.39 is 241 Å². The Labute approximate surface area is 740 Å². The molecule has 128 heavy (non-hydrogen) atoms. The van der Waals surface area contributed by atoms with Gasteiger partial charge in [0.2, 0.25) is 94.5 Å². The minimum atomic E-state index is -2.09. The zero-order chi connectivity index (χ0) is 93.5. The molecule has 8 rings (SSSR count). The Bertz CT molecular complexity index is 5030. The van der Waals surface area contributed by atoms with Crippen molar-refractivity contribution in [1.29, 1.82) is 0 Å². The Morgan fingerprint density at radius 1 is 0.641 bits per heavy atom. The van der Waals surface area contributed by atoms with Gasteiger partial charge in [-0.15, -0.1) is 0 Å². The first-order valence-corrected chi connectivity index (χ1v) is 42.7. The highest BCUT2D eigenvalue weighted by molar-refractivity contribution is 7.99. The second kappa shape index (κ2) is 48.3. The maximum atomic E-state index is 15.8. The Morgan fingerprint density at radius 2 is 1.24 bits per heavy atom. The number of H-pyrrole nitrogens is 1. The monoisotopic (exact) mass is 1790 g/mol. The number of aryl methyl sites for hydroxylation is 1. The summed E-state index contributed by atoms with van der Waals surface area (Å²) in [7, 11) is 1.31. The van der Waals surface area contributed by atoms with Gasteiger partial charge in [0.25, 0.3) is 0 Å². The average Bonchev–Trinajstić information content (AvgIpc) is 0.987. The third kappa shape index (κ3) is 30.4. The number of aliphatic carboxylic acids is 1. The van der Waals surface area contributed by atoms with Crippen LogP contribution in [-0.2, 0) is 117 Å². The van der Waals surface area contributed by atoms with Crippen molar-refractivity contribution in [2.75, 3.05) is 51.5 Å². The number of Topliss-reactive ketones (excluding diaryl/α,β-unsaturated/α-hetero) is 1. The molecule has 0 bridgehead atoms. The number of nitrogens with zero attached hydrogens (tertiary/aromatic N) is 2. The fourth-order valence-electron chi connectivity index (χ4n) is 14.5. The number of ether oxygens (including phenoxy) is 2. The molecule has 4 aromatic carbocycles. The predicted octanol–water partition coefficient (Wildman–Crippen LogP) is -3.51. The molecular formula is C86H111N19O22S. The number of thioether (sulfide) groups is 1. The molecule has 2 fully saturated rings.